The van der Waals surface area contributed by atoms with Gasteiger partial charge in [-0.05, 0) is 68.6 Å². The molecule has 0 nitrogen and oxygen atoms in total. The lowest BCUT2D eigenvalue weighted by Crippen LogP contribution is -2.15. The van der Waals surface area contributed by atoms with Crippen LogP contribution in [0.15, 0.2) is 115 Å². The van der Waals surface area contributed by atoms with Gasteiger partial charge < -0.3 is 0 Å². The van der Waals surface area contributed by atoms with Crippen LogP contribution in [-0.4, -0.2) is 0 Å². The second-order valence-electron chi connectivity index (χ2n) is 9.89. The van der Waals surface area contributed by atoms with Gasteiger partial charge in [-0.2, -0.15) is 0 Å². The van der Waals surface area contributed by atoms with E-state index in [0.29, 0.717) is 0 Å². The van der Waals surface area contributed by atoms with Crippen LogP contribution in [0, 0.1) is 6.92 Å². The van der Waals surface area contributed by atoms with Crippen LogP contribution in [0.1, 0.15) is 30.5 Å². The van der Waals surface area contributed by atoms with E-state index in [1.165, 1.54) is 61.2 Å². The van der Waals surface area contributed by atoms with Crippen molar-refractivity contribution >= 4 is 0 Å². The lowest BCUT2D eigenvalue weighted by Gasteiger charge is -2.23. The highest BCUT2D eigenvalue weighted by molar-refractivity contribution is 5.96. The maximum absolute atomic E-state index is 2.44. The molecule has 0 amide bonds. The van der Waals surface area contributed by atoms with Gasteiger partial charge in [0.1, 0.15) is 0 Å². The molecule has 1 aliphatic carbocycles. The summed E-state index contributed by atoms with van der Waals surface area (Å²) in [5.41, 5.74) is 14.5. The first-order valence-corrected chi connectivity index (χ1v) is 12.0. The quantitative estimate of drug-likeness (QED) is 0.264. The van der Waals surface area contributed by atoms with Crippen molar-refractivity contribution in [1.29, 1.82) is 0 Å². The Morgan fingerprint density at radius 2 is 0.971 bits per heavy atom. The summed E-state index contributed by atoms with van der Waals surface area (Å²) in [6.45, 7) is 6.91. The van der Waals surface area contributed by atoms with E-state index in [9.17, 15) is 0 Å². The summed E-state index contributed by atoms with van der Waals surface area (Å²) in [5.74, 6) is 0. The van der Waals surface area contributed by atoms with Gasteiger partial charge in [0.2, 0.25) is 0 Å². The van der Waals surface area contributed by atoms with Gasteiger partial charge in [0.25, 0.3) is 0 Å². The Morgan fingerprint density at radius 3 is 1.56 bits per heavy atom. The van der Waals surface area contributed by atoms with Crippen LogP contribution >= 0.6 is 0 Å². The van der Waals surface area contributed by atoms with Gasteiger partial charge in [-0.15, -0.1) is 0 Å². The molecule has 1 aliphatic rings. The molecule has 6 rings (SSSR count). The molecule has 0 heteroatoms. The Balaban J connectivity index is 1.62. The van der Waals surface area contributed by atoms with Crippen molar-refractivity contribution in [1.82, 2.24) is 0 Å². The summed E-state index contributed by atoms with van der Waals surface area (Å²) in [7, 11) is 0. The number of aryl methyl sites for hydroxylation is 1. The van der Waals surface area contributed by atoms with Crippen LogP contribution < -0.4 is 0 Å². The third kappa shape index (κ3) is 3.22. The molecule has 0 fully saturated rings. The van der Waals surface area contributed by atoms with Gasteiger partial charge in [-0.3, -0.25) is 0 Å². The van der Waals surface area contributed by atoms with Crippen LogP contribution in [0.25, 0.3) is 44.5 Å². The maximum Gasteiger partial charge on any atom is 0.0159 e. The van der Waals surface area contributed by atoms with E-state index in [4.69, 9.17) is 0 Å². The molecule has 34 heavy (non-hydrogen) atoms. The van der Waals surface area contributed by atoms with Crippen LogP contribution in [-0.2, 0) is 5.41 Å². The van der Waals surface area contributed by atoms with Gasteiger partial charge in [-0.1, -0.05) is 129 Å². The molecular weight excluding hydrogens is 408 g/mol. The van der Waals surface area contributed by atoms with Crippen molar-refractivity contribution in [3.8, 4) is 44.5 Å². The molecule has 0 aliphatic heterocycles. The van der Waals surface area contributed by atoms with E-state index in [-0.39, 0.29) is 5.41 Å². The average molecular weight is 437 g/mol. The fraction of sp³-hybridized carbons (Fsp3) is 0.118. The molecular formula is C34H28. The number of benzene rings is 5. The molecule has 0 unspecified atom stereocenters. The molecule has 0 N–H and O–H groups in total. The number of hydrogen-bond donors (Lipinski definition) is 0. The topological polar surface area (TPSA) is 0 Å². The highest BCUT2D eigenvalue weighted by Crippen LogP contribution is 2.51. The highest BCUT2D eigenvalue weighted by Gasteiger charge is 2.35. The van der Waals surface area contributed by atoms with E-state index in [2.05, 4.69) is 136 Å². The van der Waals surface area contributed by atoms with E-state index in [0.717, 1.165) is 0 Å². The fourth-order valence-electron chi connectivity index (χ4n) is 5.59. The van der Waals surface area contributed by atoms with Gasteiger partial charge in [-0.25, -0.2) is 0 Å². The largest absolute Gasteiger partial charge is 0.0622 e. The summed E-state index contributed by atoms with van der Waals surface area (Å²) in [6, 6.07) is 42.2. The number of fused-ring (bicyclic) bond motifs is 3. The number of rotatable bonds is 3. The van der Waals surface area contributed by atoms with Crippen LogP contribution in [0.3, 0.4) is 0 Å². The molecule has 0 saturated carbocycles. The smallest absolute Gasteiger partial charge is 0.0159 e. The summed E-state index contributed by atoms with van der Waals surface area (Å²) in [4.78, 5) is 0. The summed E-state index contributed by atoms with van der Waals surface area (Å²) < 4.78 is 0. The van der Waals surface area contributed by atoms with Crippen LogP contribution in [0.4, 0.5) is 0 Å². The van der Waals surface area contributed by atoms with Crippen molar-refractivity contribution < 1.29 is 0 Å². The molecule has 0 atom stereocenters. The fourth-order valence-corrected chi connectivity index (χ4v) is 5.59. The zero-order valence-corrected chi connectivity index (χ0v) is 20.0. The Morgan fingerprint density at radius 1 is 0.441 bits per heavy atom. The van der Waals surface area contributed by atoms with E-state index in [1.807, 2.05) is 0 Å². The Hall–Kier alpha value is -3.90. The molecule has 0 bridgehead atoms. The van der Waals surface area contributed by atoms with Crippen LogP contribution in [0.5, 0.6) is 0 Å². The minimum atomic E-state index is -0.0265. The van der Waals surface area contributed by atoms with E-state index < -0.39 is 0 Å². The highest BCUT2D eigenvalue weighted by atomic mass is 14.4. The average Bonchev–Trinajstić information content (AvgIpc) is 3.10. The first kappa shape index (κ1) is 20.7. The van der Waals surface area contributed by atoms with E-state index in [1.54, 1.807) is 0 Å². The predicted octanol–water partition coefficient (Wildman–Crippen LogP) is 9.30. The Bertz CT molecular complexity index is 1450. The van der Waals surface area contributed by atoms with Gasteiger partial charge in [0, 0.05) is 5.41 Å². The monoisotopic (exact) mass is 436 g/mol. The summed E-state index contributed by atoms with van der Waals surface area (Å²) >= 11 is 0. The zero-order valence-electron chi connectivity index (χ0n) is 20.0. The number of hydrogen-bond acceptors (Lipinski definition) is 0. The van der Waals surface area contributed by atoms with Gasteiger partial charge in [0.05, 0.1) is 0 Å². The Labute approximate surface area is 202 Å². The minimum Gasteiger partial charge on any atom is -0.0622 e. The van der Waals surface area contributed by atoms with Crippen molar-refractivity contribution in [2.75, 3.05) is 0 Å². The molecule has 5 aromatic rings. The van der Waals surface area contributed by atoms with Gasteiger partial charge in [0.15, 0.2) is 0 Å². The molecule has 0 heterocycles. The first-order valence-electron chi connectivity index (χ1n) is 12.0. The standard InChI is InChI=1S/C34H28/c1-23-17-19-29-30-20-18-26(22-32(30)34(2,3)31(29)21-23)33-27(24-11-6-4-7-12-24)15-10-16-28(33)25-13-8-5-9-14-25/h4-22H,1-3H3. The molecule has 0 saturated heterocycles. The SMILES string of the molecule is Cc1ccc2c(c1)C(C)(C)c1cc(-c3c(-c4ccccc4)cccc3-c3ccccc3)ccc1-2. The zero-order chi connectivity index (χ0) is 23.3. The summed E-state index contributed by atoms with van der Waals surface area (Å²) in [5, 5.41) is 0. The lowest BCUT2D eigenvalue weighted by atomic mass is 9.80. The first-order chi connectivity index (χ1) is 16.5. The summed E-state index contributed by atoms with van der Waals surface area (Å²) in [6.07, 6.45) is 0. The third-order valence-electron chi connectivity index (χ3n) is 7.35. The molecule has 0 spiro atoms. The van der Waals surface area contributed by atoms with Crippen molar-refractivity contribution in [2.45, 2.75) is 26.2 Å². The minimum absolute atomic E-state index is 0.0265. The second-order valence-corrected chi connectivity index (χ2v) is 9.89. The normalized spacial score (nSPS) is 13.4. The predicted molar refractivity (Wildman–Crippen MR) is 145 cm³/mol. The Kier molecular flexibility index (Phi) is 4.78. The van der Waals surface area contributed by atoms with Crippen molar-refractivity contribution in [2.24, 2.45) is 0 Å². The molecule has 0 aromatic heterocycles. The van der Waals surface area contributed by atoms with Gasteiger partial charge >= 0.3 is 0 Å². The van der Waals surface area contributed by atoms with Crippen molar-refractivity contribution in [3.63, 3.8) is 0 Å². The molecule has 0 radical (unpaired) electrons. The van der Waals surface area contributed by atoms with E-state index >= 15 is 0 Å². The third-order valence-corrected chi connectivity index (χ3v) is 7.35. The molecule has 164 valence electrons. The lowest BCUT2D eigenvalue weighted by molar-refractivity contribution is 0.660. The van der Waals surface area contributed by atoms with Crippen molar-refractivity contribution in [3.05, 3.63) is 132 Å². The van der Waals surface area contributed by atoms with Crippen LogP contribution in [0.2, 0.25) is 0 Å². The molecule has 5 aromatic carbocycles. The second kappa shape index (κ2) is 7.85. The maximum atomic E-state index is 2.44.